The van der Waals surface area contributed by atoms with E-state index in [0.29, 0.717) is 0 Å². The summed E-state index contributed by atoms with van der Waals surface area (Å²) in [6, 6.07) is 3.65. The fraction of sp³-hybridized carbons (Fsp3) is 0.417. The van der Waals surface area contributed by atoms with Crippen LogP contribution in [0.15, 0.2) is 23.1 Å². The van der Waals surface area contributed by atoms with E-state index in [1.807, 2.05) is 0 Å². The molecule has 0 saturated heterocycles. The van der Waals surface area contributed by atoms with Gasteiger partial charge in [-0.15, -0.1) is 0 Å². The molecule has 0 heterocycles. The lowest BCUT2D eigenvalue weighted by Crippen LogP contribution is -2.30. The van der Waals surface area contributed by atoms with Crippen LogP contribution in [0, 0.1) is 0 Å². The van der Waals surface area contributed by atoms with Crippen molar-refractivity contribution in [3.05, 3.63) is 28.8 Å². The summed E-state index contributed by atoms with van der Waals surface area (Å²) >= 11 is 5.89. The van der Waals surface area contributed by atoms with Crippen molar-refractivity contribution in [2.75, 3.05) is 6.61 Å². The van der Waals surface area contributed by atoms with Gasteiger partial charge < -0.3 is 0 Å². The van der Waals surface area contributed by atoms with Crippen molar-refractivity contribution in [1.82, 2.24) is 10.2 Å². The summed E-state index contributed by atoms with van der Waals surface area (Å²) in [4.78, 5) is 16.5. The lowest BCUT2D eigenvalue weighted by Gasteiger charge is -2.11. The van der Waals surface area contributed by atoms with Gasteiger partial charge in [0.15, 0.2) is 0 Å². The minimum atomic E-state index is -3.68. The molecule has 0 aliphatic rings. The molecular weight excluding hydrogens is 304 g/mol. The van der Waals surface area contributed by atoms with E-state index < -0.39 is 15.9 Å². The van der Waals surface area contributed by atoms with Crippen LogP contribution in [0.4, 0.5) is 0 Å². The zero-order valence-corrected chi connectivity index (χ0v) is 13.0. The molecule has 1 rings (SSSR count). The van der Waals surface area contributed by atoms with Crippen LogP contribution in [0.3, 0.4) is 0 Å². The first kappa shape index (κ1) is 16.9. The fourth-order valence-electron chi connectivity index (χ4n) is 1.42. The molecule has 2 N–H and O–H groups in total. The minimum Gasteiger partial charge on any atom is -0.274 e. The molecule has 0 radical (unpaired) electrons. The summed E-state index contributed by atoms with van der Waals surface area (Å²) in [5.41, 5.74) is 2.20. The number of amides is 1. The van der Waals surface area contributed by atoms with E-state index in [-0.39, 0.29) is 28.1 Å². The molecule has 8 heteroatoms. The lowest BCUT2D eigenvalue weighted by atomic mass is 10.2. The van der Waals surface area contributed by atoms with E-state index in [1.54, 1.807) is 20.8 Å². The number of nitrogens with one attached hydrogen (secondary N) is 2. The van der Waals surface area contributed by atoms with Crippen molar-refractivity contribution in [2.24, 2.45) is 0 Å². The summed E-state index contributed by atoms with van der Waals surface area (Å²) in [5.74, 6) is -0.599. The monoisotopic (exact) mass is 320 g/mol. The van der Waals surface area contributed by atoms with Crippen LogP contribution in [0.25, 0.3) is 0 Å². The highest BCUT2D eigenvalue weighted by molar-refractivity contribution is 7.89. The van der Waals surface area contributed by atoms with E-state index in [2.05, 4.69) is 10.2 Å². The van der Waals surface area contributed by atoms with Gasteiger partial charge in [0.25, 0.3) is 5.91 Å². The molecule has 0 aliphatic carbocycles. The summed E-state index contributed by atoms with van der Waals surface area (Å²) < 4.78 is 26.5. The van der Waals surface area contributed by atoms with Crippen LogP contribution < -0.4 is 10.2 Å². The molecule has 0 unspecified atom stereocenters. The molecule has 1 aromatic rings. The molecule has 0 aliphatic heterocycles. The molecule has 1 aromatic carbocycles. The third-order valence-electron chi connectivity index (χ3n) is 2.19. The first-order chi connectivity index (χ1) is 9.27. The van der Waals surface area contributed by atoms with Crippen LogP contribution in [0.1, 0.15) is 31.1 Å². The Balaban J connectivity index is 3.11. The third-order valence-corrected chi connectivity index (χ3v) is 4.18. The molecule has 1 amide bonds. The number of hydroxylamine groups is 1. The van der Waals surface area contributed by atoms with Crippen molar-refractivity contribution < 1.29 is 18.0 Å². The zero-order chi connectivity index (χ0) is 15.3. The number of hydrogen-bond acceptors (Lipinski definition) is 4. The van der Waals surface area contributed by atoms with Crippen LogP contribution >= 0.6 is 11.6 Å². The number of carbonyl (C=O) groups excluding carboxylic acids is 1. The Morgan fingerprint density at radius 2 is 2.05 bits per heavy atom. The van der Waals surface area contributed by atoms with Gasteiger partial charge in [-0.25, -0.2) is 18.6 Å². The molecule has 0 spiro atoms. The van der Waals surface area contributed by atoms with Crippen molar-refractivity contribution in [2.45, 2.75) is 31.7 Å². The topological polar surface area (TPSA) is 84.5 Å². The number of carbonyl (C=O) groups is 1. The Kier molecular flexibility index (Phi) is 5.94. The summed E-state index contributed by atoms with van der Waals surface area (Å²) in [5, 5.41) is 0.144. The predicted octanol–water partition coefficient (Wildman–Crippen LogP) is 1.71. The van der Waals surface area contributed by atoms with E-state index in [9.17, 15) is 13.2 Å². The van der Waals surface area contributed by atoms with Gasteiger partial charge in [0.2, 0.25) is 10.0 Å². The highest BCUT2D eigenvalue weighted by Gasteiger charge is 2.19. The highest BCUT2D eigenvalue weighted by Crippen LogP contribution is 2.20. The summed E-state index contributed by atoms with van der Waals surface area (Å²) in [6.07, 6.45) is 0. The first-order valence-electron chi connectivity index (χ1n) is 6.02. The van der Waals surface area contributed by atoms with Crippen LogP contribution in [-0.4, -0.2) is 27.0 Å². The van der Waals surface area contributed by atoms with Crippen molar-refractivity contribution in [3.63, 3.8) is 0 Å². The minimum absolute atomic E-state index is 0.0303. The van der Waals surface area contributed by atoms with Gasteiger partial charge in [0.05, 0.1) is 22.1 Å². The maximum Gasteiger partial charge on any atom is 0.276 e. The van der Waals surface area contributed by atoms with Gasteiger partial charge in [-0.3, -0.25) is 9.63 Å². The second kappa shape index (κ2) is 7.03. The van der Waals surface area contributed by atoms with E-state index in [4.69, 9.17) is 16.4 Å². The molecule has 0 atom stereocenters. The van der Waals surface area contributed by atoms with Gasteiger partial charge in [0, 0.05) is 6.04 Å². The summed E-state index contributed by atoms with van der Waals surface area (Å²) in [6.45, 7) is 5.40. The molecule has 112 valence electrons. The molecular formula is C12H17ClN2O4S. The smallest absolute Gasteiger partial charge is 0.274 e. The number of halogens is 1. The Labute approximate surface area is 123 Å². The number of benzene rings is 1. The molecule has 0 aromatic heterocycles. The Morgan fingerprint density at radius 3 is 2.60 bits per heavy atom. The third kappa shape index (κ3) is 4.45. The highest BCUT2D eigenvalue weighted by atomic mass is 35.5. The van der Waals surface area contributed by atoms with Crippen molar-refractivity contribution >= 4 is 27.5 Å². The molecule has 0 saturated carbocycles. The maximum atomic E-state index is 12.0. The van der Waals surface area contributed by atoms with Crippen molar-refractivity contribution in [1.29, 1.82) is 0 Å². The largest absolute Gasteiger partial charge is 0.276 e. The molecule has 6 nitrogen and oxygen atoms in total. The summed E-state index contributed by atoms with van der Waals surface area (Å²) in [7, 11) is -3.68. The second-order valence-electron chi connectivity index (χ2n) is 4.28. The van der Waals surface area contributed by atoms with Crippen LogP contribution in [0.5, 0.6) is 0 Å². The van der Waals surface area contributed by atoms with E-state index in [0.717, 1.165) is 0 Å². The Bertz CT molecular complexity index is 587. The molecule has 0 fully saturated rings. The van der Waals surface area contributed by atoms with Crippen LogP contribution in [0.2, 0.25) is 5.02 Å². The SMILES string of the molecule is CCONC(=O)c1cc(S(=O)(=O)NC(C)C)ccc1Cl. The van der Waals surface area contributed by atoms with Crippen LogP contribution in [-0.2, 0) is 14.9 Å². The number of rotatable bonds is 6. The van der Waals surface area contributed by atoms with E-state index in [1.165, 1.54) is 18.2 Å². The molecule has 20 heavy (non-hydrogen) atoms. The lowest BCUT2D eigenvalue weighted by molar-refractivity contribution is 0.0364. The Hall–Kier alpha value is -1.15. The van der Waals surface area contributed by atoms with Gasteiger partial charge in [-0.2, -0.15) is 0 Å². The van der Waals surface area contributed by atoms with Gasteiger partial charge >= 0.3 is 0 Å². The fourth-order valence-corrected chi connectivity index (χ4v) is 2.90. The average molecular weight is 321 g/mol. The first-order valence-corrected chi connectivity index (χ1v) is 7.88. The number of hydrogen-bond donors (Lipinski definition) is 2. The normalized spacial score (nSPS) is 11.7. The van der Waals surface area contributed by atoms with Gasteiger partial charge in [-0.05, 0) is 39.0 Å². The number of sulfonamides is 1. The zero-order valence-electron chi connectivity index (χ0n) is 11.4. The Morgan fingerprint density at radius 1 is 1.40 bits per heavy atom. The second-order valence-corrected chi connectivity index (χ2v) is 6.40. The average Bonchev–Trinajstić information content (AvgIpc) is 2.34. The predicted molar refractivity (Wildman–Crippen MR) is 76.0 cm³/mol. The standard InChI is InChI=1S/C12H17ClN2O4S/c1-4-19-14-12(16)10-7-9(5-6-11(10)13)20(17,18)15-8(2)3/h5-8,15H,4H2,1-3H3,(H,14,16). The maximum absolute atomic E-state index is 12.0. The van der Waals surface area contributed by atoms with Gasteiger partial charge in [0.1, 0.15) is 0 Å². The van der Waals surface area contributed by atoms with E-state index >= 15 is 0 Å². The molecule has 0 bridgehead atoms. The van der Waals surface area contributed by atoms with Gasteiger partial charge in [-0.1, -0.05) is 11.6 Å². The quantitative estimate of drug-likeness (QED) is 0.781. The van der Waals surface area contributed by atoms with Crippen molar-refractivity contribution in [3.8, 4) is 0 Å².